The Bertz CT molecular complexity index is 1520. The molecule has 14 nitrogen and oxygen atoms in total. The van der Waals surface area contributed by atoms with Crippen molar-refractivity contribution in [2.45, 2.75) is 104 Å². The standard InChI is InChI=1S/C23H33NO6.C15H15NO4.2Na.2H2O/c1-16-14-24(20(27)28-15-17-11-9-8-10-12-17)23(16,19(26)30-22(5,6)7)13-18(25)29-21(2,3)4;1-12-9-16(15(12,11-18)7-8-17)14(19)20-10-13-5-3-2-4-6-13;;;;/h8-12,16H,13-15H2,1-7H3;2-6,12H,7,9-10H2,1H3;;;2*1H2/q;-2;2*+1;;/p-2/t16-,23+;12-,15-;;;;/m00..../s1. The Morgan fingerprint density at radius 3 is 1.50 bits per heavy atom. The minimum absolute atomic E-state index is 0. The maximum absolute atomic E-state index is 13.2. The Labute approximate surface area is 362 Å². The molecule has 2 aliphatic heterocycles. The molecule has 0 unspecified atom stereocenters. The third-order valence-corrected chi connectivity index (χ3v) is 8.46. The van der Waals surface area contributed by atoms with Crippen LogP contribution in [0.4, 0.5) is 9.59 Å². The normalized spacial score (nSPS) is 21.0. The van der Waals surface area contributed by atoms with Crippen LogP contribution in [0.3, 0.4) is 0 Å². The number of esters is 2. The number of carbonyl (C=O) groups excluding carboxylic acids is 6. The summed E-state index contributed by atoms with van der Waals surface area (Å²) in [7, 11) is 0. The quantitative estimate of drug-likeness (QED) is 0.128. The SMILES string of the molecule is C[C@H]1CN(C(=O)OCc2ccccc2)[C@@]1(CC(=O)OC(C)(C)C)C(=O)OC(C)(C)C.C[C@H]1CN(C(=O)OCc2ccccc2)[C@]1([C-]=O)C[C-]=O.[Na+].[Na+].[OH-].[OH-]. The van der Waals surface area contributed by atoms with Crippen molar-refractivity contribution in [2.75, 3.05) is 13.1 Å². The molecule has 2 amide bonds. The van der Waals surface area contributed by atoms with Gasteiger partial charge in [-0.3, -0.25) is 16.0 Å². The second-order valence-electron chi connectivity index (χ2n) is 14.6. The van der Waals surface area contributed by atoms with E-state index in [1.54, 1.807) is 54.8 Å². The summed E-state index contributed by atoms with van der Waals surface area (Å²) in [6.07, 6.45) is 1.77. The van der Waals surface area contributed by atoms with Gasteiger partial charge in [0.25, 0.3) is 0 Å². The van der Waals surface area contributed by atoms with E-state index in [1.165, 1.54) is 9.80 Å². The Morgan fingerprint density at radius 2 is 1.13 bits per heavy atom. The van der Waals surface area contributed by atoms with Gasteiger partial charge < -0.3 is 44.4 Å². The molecule has 4 rings (SSSR count). The molecule has 0 radical (unpaired) electrons. The minimum Gasteiger partial charge on any atom is -0.870 e. The molecule has 288 valence electrons. The smallest absolute Gasteiger partial charge is 0.870 e. The first-order valence-corrected chi connectivity index (χ1v) is 16.5. The number of nitrogens with zero attached hydrogens (tertiary/aromatic N) is 2. The van der Waals surface area contributed by atoms with Gasteiger partial charge in [0.15, 0.2) is 5.54 Å². The molecule has 2 fully saturated rings. The van der Waals surface area contributed by atoms with Crippen LogP contribution in [0.15, 0.2) is 60.7 Å². The molecule has 0 aliphatic carbocycles. The van der Waals surface area contributed by atoms with Crippen LogP contribution in [0.1, 0.15) is 79.4 Å². The molecule has 0 saturated carbocycles. The zero-order valence-electron chi connectivity index (χ0n) is 33.0. The van der Waals surface area contributed by atoms with Gasteiger partial charge in [-0.15, -0.1) is 0 Å². The van der Waals surface area contributed by atoms with E-state index in [1.807, 2.05) is 73.9 Å². The van der Waals surface area contributed by atoms with Crippen molar-refractivity contribution in [3.8, 4) is 0 Å². The van der Waals surface area contributed by atoms with Crippen LogP contribution in [-0.2, 0) is 51.3 Å². The van der Waals surface area contributed by atoms with Crippen LogP contribution in [-0.4, -0.2) is 92.8 Å². The summed E-state index contributed by atoms with van der Waals surface area (Å²) in [5.74, 6) is -1.60. The minimum atomic E-state index is -1.45. The average molecular weight is 773 g/mol. The number of likely N-dealkylation sites (tertiary alicyclic amines) is 2. The average Bonchev–Trinajstić information content (AvgIpc) is 3.04. The number of rotatable bonds is 10. The Kier molecular flexibility index (Phi) is 22.4. The molecule has 0 bridgehead atoms. The molecule has 16 heteroatoms. The molecule has 2 aromatic rings. The summed E-state index contributed by atoms with van der Waals surface area (Å²) < 4.78 is 21.6. The topological polar surface area (TPSA) is 206 Å². The summed E-state index contributed by atoms with van der Waals surface area (Å²) in [4.78, 5) is 74.9. The van der Waals surface area contributed by atoms with Gasteiger partial charge >= 0.3 is 83.2 Å². The van der Waals surface area contributed by atoms with Crippen molar-refractivity contribution >= 4 is 36.7 Å². The number of hydrogen-bond acceptors (Lipinski definition) is 12. The Morgan fingerprint density at radius 1 is 0.704 bits per heavy atom. The predicted molar refractivity (Wildman–Crippen MR) is 187 cm³/mol. The molecule has 0 spiro atoms. The summed E-state index contributed by atoms with van der Waals surface area (Å²) in [5, 5.41) is 0. The van der Waals surface area contributed by atoms with E-state index in [-0.39, 0.29) is 115 Å². The Hall–Kier alpha value is -2.82. The third-order valence-electron chi connectivity index (χ3n) is 8.46. The van der Waals surface area contributed by atoms with Crippen LogP contribution in [0, 0.1) is 11.8 Å². The second kappa shape index (κ2) is 22.7. The zero-order valence-corrected chi connectivity index (χ0v) is 37.0. The van der Waals surface area contributed by atoms with E-state index in [9.17, 15) is 28.8 Å². The van der Waals surface area contributed by atoms with Gasteiger partial charge in [-0.1, -0.05) is 80.1 Å². The van der Waals surface area contributed by atoms with Gasteiger partial charge in [-0.05, 0) is 58.6 Å². The second-order valence-corrected chi connectivity index (χ2v) is 14.6. The maximum atomic E-state index is 13.2. The van der Waals surface area contributed by atoms with Crippen molar-refractivity contribution in [2.24, 2.45) is 11.8 Å². The molecule has 54 heavy (non-hydrogen) atoms. The zero-order chi connectivity index (χ0) is 37.3. The number of carbonyl (C=O) groups is 4. The van der Waals surface area contributed by atoms with Gasteiger partial charge in [-0.25, -0.2) is 20.7 Å². The molecule has 0 aromatic heterocycles. The van der Waals surface area contributed by atoms with Crippen LogP contribution in [0.2, 0.25) is 0 Å². The van der Waals surface area contributed by atoms with E-state index in [2.05, 4.69) is 0 Å². The van der Waals surface area contributed by atoms with Crippen LogP contribution < -0.4 is 59.1 Å². The molecule has 2 saturated heterocycles. The van der Waals surface area contributed by atoms with Gasteiger partial charge in [0.1, 0.15) is 24.4 Å². The summed E-state index contributed by atoms with van der Waals surface area (Å²) in [6.45, 7) is 15.0. The number of benzene rings is 2. The van der Waals surface area contributed by atoms with Gasteiger partial charge in [-0.2, -0.15) is 6.42 Å². The number of hydrogen-bond donors (Lipinski definition) is 0. The van der Waals surface area contributed by atoms with Crippen molar-refractivity contribution in [3.63, 3.8) is 0 Å². The van der Waals surface area contributed by atoms with E-state index < -0.39 is 46.4 Å². The summed E-state index contributed by atoms with van der Waals surface area (Å²) >= 11 is 0. The van der Waals surface area contributed by atoms with Crippen molar-refractivity contribution < 1.29 is 118 Å². The largest absolute Gasteiger partial charge is 1.00 e. The monoisotopic (exact) mass is 772 g/mol. The van der Waals surface area contributed by atoms with E-state index in [0.29, 0.717) is 6.54 Å². The first-order valence-electron chi connectivity index (χ1n) is 16.5. The fourth-order valence-corrected chi connectivity index (χ4v) is 5.74. The van der Waals surface area contributed by atoms with Gasteiger partial charge in [0.05, 0.1) is 6.42 Å². The fourth-order valence-electron chi connectivity index (χ4n) is 5.74. The Balaban J connectivity index is 0. The summed E-state index contributed by atoms with van der Waals surface area (Å²) in [6, 6.07) is 18.5. The molecular weight excluding hydrogens is 722 g/mol. The van der Waals surface area contributed by atoms with E-state index in [0.717, 1.165) is 11.1 Å². The summed E-state index contributed by atoms with van der Waals surface area (Å²) in [5.41, 5.74) is -2.46. The van der Waals surface area contributed by atoms with E-state index in [4.69, 9.17) is 18.9 Å². The third kappa shape index (κ3) is 13.7. The number of ether oxygens (including phenoxy) is 4. The van der Waals surface area contributed by atoms with Crippen LogP contribution in [0.5, 0.6) is 0 Å². The first-order chi connectivity index (χ1) is 23.4. The molecule has 4 atom stereocenters. The number of amides is 2. The van der Waals surface area contributed by atoms with Crippen LogP contribution >= 0.6 is 0 Å². The van der Waals surface area contributed by atoms with Crippen molar-refractivity contribution in [3.05, 3.63) is 71.8 Å². The van der Waals surface area contributed by atoms with Crippen molar-refractivity contribution in [1.29, 1.82) is 0 Å². The molecule has 2 aromatic carbocycles. The van der Waals surface area contributed by atoms with Crippen LogP contribution in [0.25, 0.3) is 0 Å². The van der Waals surface area contributed by atoms with Crippen molar-refractivity contribution in [1.82, 2.24) is 9.80 Å². The maximum Gasteiger partial charge on any atom is 1.00 e. The van der Waals surface area contributed by atoms with Gasteiger partial charge in [0, 0.05) is 19.0 Å². The first kappa shape index (κ1) is 53.3. The van der Waals surface area contributed by atoms with Gasteiger partial charge in [0.2, 0.25) is 0 Å². The molecule has 2 heterocycles. The molecule has 2 aliphatic rings. The van der Waals surface area contributed by atoms with E-state index >= 15 is 0 Å². The molecular formula is C38H50N2Na2O12-2. The predicted octanol–water partition coefficient (Wildman–Crippen LogP) is -0.635. The fraction of sp³-hybridized carbons (Fsp3) is 0.526. The molecule has 2 N–H and O–H groups in total.